The lowest BCUT2D eigenvalue weighted by atomic mass is 10.1. The SMILES string of the molecule is O=C(CN1CCCCCC1)c1cc(F)ccc1O. The lowest BCUT2D eigenvalue weighted by Gasteiger charge is -2.18. The minimum Gasteiger partial charge on any atom is -0.507 e. The van der Waals surface area contributed by atoms with Crippen LogP contribution in [0.5, 0.6) is 5.75 Å². The van der Waals surface area contributed by atoms with Crippen molar-refractivity contribution in [2.75, 3.05) is 19.6 Å². The molecule has 98 valence electrons. The average molecular weight is 251 g/mol. The van der Waals surface area contributed by atoms with Crippen LogP contribution in [-0.2, 0) is 0 Å². The Bertz CT molecular complexity index is 426. The maximum Gasteiger partial charge on any atom is 0.180 e. The van der Waals surface area contributed by atoms with E-state index in [9.17, 15) is 14.3 Å². The number of Topliss-reactive ketones (excluding diaryl/α,β-unsaturated/α-hetero) is 1. The first kappa shape index (κ1) is 13.0. The highest BCUT2D eigenvalue weighted by Crippen LogP contribution is 2.19. The maximum absolute atomic E-state index is 13.1. The Morgan fingerprint density at radius 2 is 1.89 bits per heavy atom. The number of ketones is 1. The third-order valence-corrected chi connectivity index (χ3v) is 3.32. The summed E-state index contributed by atoms with van der Waals surface area (Å²) in [4.78, 5) is 14.1. The first-order valence-electron chi connectivity index (χ1n) is 6.41. The van der Waals surface area contributed by atoms with Gasteiger partial charge < -0.3 is 5.11 Å². The highest BCUT2D eigenvalue weighted by molar-refractivity contribution is 6.00. The van der Waals surface area contributed by atoms with Crippen molar-refractivity contribution in [2.45, 2.75) is 25.7 Å². The van der Waals surface area contributed by atoms with Crippen molar-refractivity contribution in [3.05, 3.63) is 29.6 Å². The normalized spacial score (nSPS) is 17.4. The number of carbonyl (C=O) groups excluding carboxylic acids is 1. The molecule has 2 rings (SSSR count). The maximum atomic E-state index is 13.1. The number of phenols is 1. The quantitative estimate of drug-likeness (QED) is 0.839. The zero-order valence-corrected chi connectivity index (χ0v) is 10.4. The van der Waals surface area contributed by atoms with Crippen molar-refractivity contribution in [2.24, 2.45) is 0 Å². The molecule has 0 unspecified atom stereocenters. The van der Waals surface area contributed by atoms with Crippen LogP contribution in [-0.4, -0.2) is 35.4 Å². The summed E-state index contributed by atoms with van der Waals surface area (Å²) in [5.74, 6) is -0.850. The number of halogens is 1. The summed E-state index contributed by atoms with van der Waals surface area (Å²) >= 11 is 0. The predicted molar refractivity (Wildman–Crippen MR) is 67.3 cm³/mol. The molecule has 1 aliphatic heterocycles. The van der Waals surface area contributed by atoms with Gasteiger partial charge in [-0.25, -0.2) is 4.39 Å². The minimum atomic E-state index is -0.494. The van der Waals surface area contributed by atoms with Gasteiger partial charge >= 0.3 is 0 Å². The summed E-state index contributed by atoms with van der Waals surface area (Å²) in [5.41, 5.74) is 0.0826. The van der Waals surface area contributed by atoms with Gasteiger partial charge in [-0.1, -0.05) is 12.8 Å². The summed E-state index contributed by atoms with van der Waals surface area (Å²) in [5, 5.41) is 9.58. The molecule has 0 amide bonds. The van der Waals surface area contributed by atoms with Crippen LogP contribution in [0, 0.1) is 5.82 Å². The zero-order chi connectivity index (χ0) is 13.0. The molecule has 1 saturated heterocycles. The fraction of sp³-hybridized carbons (Fsp3) is 0.500. The van der Waals surface area contributed by atoms with Crippen molar-refractivity contribution in [3.8, 4) is 5.75 Å². The van der Waals surface area contributed by atoms with Crippen molar-refractivity contribution in [3.63, 3.8) is 0 Å². The van der Waals surface area contributed by atoms with Gasteiger partial charge in [0, 0.05) is 0 Å². The van der Waals surface area contributed by atoms with Gasteiger partial charge in [0.15, 0.2) is 5.78 Å². The van der Waals surface area contributed by atoms with E-state index in [0.717, 1.165) is 38.1 Å². The summed E-state index contributed by atoms with van der Waals surface area (Å²) in [7, 11) is 0. The van der Waals surface area contributed by atoms with Gasteiger partial charge in [-0.3, -0.25) is 9.69 Å². The van der Waals surface area contributed by atoms with Gasteiger partial charge in [-0.2, -0.15) is 0 Å². The second kappa shape index (κ2) is 5.96. The second-order valence-electron chi connectivity index (χ2n) is 4.78. The van der Waals surface area contributed by atoms with Crippen molar-refractivity contribution < 1.29 is 14.3 Å². The molecule has 0 aliphatic carbocycles. The molecule has 0 bridgehead atoms. The van der Waals surface area contributed by atoms with Crippen LogP contribution in [0.3, 0.4) is 0 Å². The van der Waals surface area contributed by atoms with Crippen molar-refractivity contribution >= 4 is 5.78 Å². The molecule has 18 heavy (non-hydrogen) atoms. The third kappa shape index (κ3) is 3.29. The second-order valence-corrected chi connectivity index (χ2v) is 4.78. The van der Waals surface area contributed by atoms with Crippen LogP contribution < -0.4 is 0 Å². The fourth-order valence-corrected chi connectivity index (χ4v) is 2.31. The highest BCUT2D eigenvalue weighted by atomic mass is 19.1. The largest absolute Gasteiger partial charge is 0.507 e. The molecule has 0 aromatic heterocycles. The van der Waals surface area contributed by atoms with Gasteiger partial charge in [-0.15, -0.1) is 0 Å². The molecule has 0 radical (unpaired) electrons. The lowest BCUT2D eigenvalue weighted by molar-refractivity contribution is 0.0930. The molecule has 1 heterocycles. The number of phenolic OH excluding ortho intramolecular Hbond substituents is 1. The molecule has 1 N–H and O–H groups in total. The van der Waals surface area contributed by atoms with E-state index in [1.54, 1.807) is 0 Å². The summed E-state index contributed by atoms with van der Waals surface area (Å²) < 4.78 is 13.1. The van der Waals surface area contributed by atoms with E-state index in [0.29, 0.717) is 0 Å². The van der Waals surface area contributed by atoms with E-state index in [-0.39, 0.29) is 23.6 Å². The zero-order valence-electron chi connectivity index (χ0n) is 10.4. The average Bonchev–Trinajstić information content (AvgIpc) is 2.61. The number of carbonyl (C=O) groups is 1. The summed E-state index contributed by atoms with van der Waals surface area (Å²) in [6.07, 6.45) is 4.61. The van der Waals surface area contributed by atoms with E-state index in [2.05, 4.69) is 4.90 Å². The molecular weight excluding hydrogens is 233 g/mol. The predicted octanol–water partition coefficient (Wildman–Crippen LogP) is 2.59. The molecule has 1 aromatic rings. The van der Waals surface area contributed by atoms with Gasteiger partial charge in [-0.05, 0) is 44.1 Å². The number of likely N-dealkylation sites (tertiary alicyclic amines) is 1. The number of benzene rings is 1. The Kier molecular flexibility index (Phi) is 4.31. The number of hydrogen-bond donors (Lipinski definition) is 1. The Labute approximate surface area is 106 Å². The van der Waals surface area contributed by atoms with Gasteiger partial charge in [0.1, 0.15) is 11.6 Å². The molecule has 1 aromatic carbocycles. The first-order chi connectivity index (χ1) is 8.66. The molecule has 0 saturated carbocycles. The van der Waals surface area contributed by atoms with Gasteiger partial charge in [0.2, 0.25) is 0 Å². The molecule has 1 fully saturated rings. The number of nitrogens with zero attached hydrogens (tertiary/aromatic N) is 1. The van der Waals surface area contributed by atoms with Crippen molar-refractivity contribution in [1.82, 2.24) is 4.90 Å². The Balaban J connectivity index is 2.04. The Morgan fingerprint density at radius 3 is 2.56 bits per heavy atom. The summed E-state index contributed by atoms with van der Waals surface area (Å²) in [6, 6.07) is 3.48. The minimum absolute atomic E-state index is 0.0826. The van der Waals surface area contributed by atoms with E-state index in [1.165, 1.54) is 18.9 Å². The highest BCUT2D eigenvalue weighted by Gasteiger charge is 2.17. The van der Waals surface area contributed by atoms with E-state index >= 15 is 0 Å². The molecule has 3 nitrogen and oxygen atoms in total. The standard InChI is InChI=1S/C14H18FNO2/c15-11-5-6-13(17)12(9-11)14(18)10-16-7-3-1-2-4-8-16/h5-6,9,17H,1-4,7-8,10H2. The molecular formula is C14H18FNO2. The molecule has 0 atom stereocenters. The number of hydrogen-bond acceptors (Lipinski definition) is 3. The van der Waals surface area contributed by atoms with Crippen LogP contribution in [0.4, 0.5) is 4.39 Å². The number of aromatic hydroxyl groups is 1. The smallest absolute Gasteiger partial charge is 0.180 e. The number of rotatable bonds is 3. The van der Waals surface area contributed by atoms with Crippen LogP contribution in [0.25, 0.3) is 0 Å². The van der Waals surface area contributed by atoms with E-state index < -0.39 is 5.82 Å². The summed E-state index contributed by atoms with van der Waals surface area (Å²) in [6.45, 7) is 2.07. The van der Waals surface area contributed by atoms with E-state index in [4.69, 9.17) is 0 Å². The monoisotopic (exact) mass is 251 g/mol. The topological polar surface area (TPSA) is 40.5 Å². The van der Waals surface area contributed by atoms with Crippen LogP contribution in [0.1, 0.15) is 36.0 Å². The third-order valence-electron chi connectivity index (χ3n) is 3.32. The van der Waals surface area contributed by atoms with Crippen LogP contribution in [0.15, 0.2) is 18.2 Å². The van der Waals surface area contributed by atoms with Gasteiger partial charge in [0.05, 0.1) is 12.1 Å². The van der Waals surface area contributed by atoms with E-state index in [1.807, 2.05) is 0 Å². The Hall–Kier alpha value is -1.42. The first-order valence-corrected chi connectivity index (χ1v) is 6.41. The van der Waals surface area contributed by atoms with Crippen LogP contribution in [0.2, 0.25) is 0 Å². The fourth-order valence-electron chi connectivity index (χ4n) is 2.31. The molecule has 1 aliphatic rings. The van der Waals surface area contributed by atoms with Crippen LogP contribution >= 0.6 is 0 Å². The van der Waals surface area contributed by atoms with Crippen molar-refractivity contribution in [1.29, 1.82) is 0 Å². The lowest BCUT2D eigenvalue weighted by Crippen LogP contribution is -2.30. The molecule has 0 spiro atoms. The van der Waals surface area contributed by atoms with Gasteiger partial charge in [0.25, 0.3) is 0 Å². The Morgan fingerprint density at radius 1 is 1.22 bits per heavy atom. The molecule has 4 heteroatoms.